The number of fused-ring (bicyclic) bond motifs is 1. The third-order valence-electron chi connectivity index (χ3n) is 5.21. The molecular formula is C14H22O. The number of carbonyl (C=O) groups is 1. The first kappa shape index (κ1) is 9.86. The molecule has 0 aromatic heterocycles. The fourth-order valence-corrected chi connectivity index (χ4v) is 4.42. The summed E-state index contributed by atoms with van der Waals surface area (Å²) in [6, 6.07) is 0. The van der Waals surface area contributed by atoms with Crippen molar-refractivity contribution in [1.82, 2.24) is 0 Å². The van der Waals surface area contributed by atoms with Crippen LogP contribution in [0, 0.1) is 23.7 Å². The second-order valence-corrected chi connectivity index (χ2v) is 6.00. The molecule has 0 bridgehead atoms. The Labute approximate surface area is 92.6 Å². The van der Waals surface area contributed by atoms with Crippen LogP contribution in [-0.2, 0) is 4.79 Å². The summed E-state index contributed by atoms with van der Waals surface area (Å²) >= 11 is 0. The Balaban J connectivity index is 1.67. The van der Waals surface area contributed by atoms with Gasteiger partial charge in [-0.2, -0.15) is 0 Å². The fourth-order valence-electron chi connectivity index (χ4n) is 4.42. The summed E-state index contributed by atoms with van der Waals surface area (Å²) < 4.78 is 0. The van der Waals surface area contributed by atoms with Crippen molar-refractivity contribution in [2.75, 3.05) is 0 Å². The molecule has 3 unspecified atom stereocenters. The van der Waals surface area contributed by atoms with E-state index in [4.69, 9.17) is 0 Å². The number of ketones is 1. The molecule has 0 amide bonds. The van der Waals surface area contributed by atoms with Gasteiger partial charge in [0, 0.05) is 12.3 Å². The highest BCUT2D eigenvalue weighted by Crippen LogP contribution is 2.49. The minimum Gasteiger partial charge on any atom is -0.299 e. The van der Waals surface area contributed by atoms with Gasteiger partial charge in [0.25, 0.3) is 0 Å². The predicted molar refractivity (Wildman–Crippen MR) is 60.5 cm³/mol. The minimum absolute atomic E-state index is 0.490. The number of hydrogen-bond acceptors (Lipinski definition) is 1. The second kappa shape index (κ2) is 3.92. The second-order valence-electron chi connectivity index (χ2n) is 6.00. The zero-order valence-electron chi connectivity index (χ0n) is 9.58. The van der Waals surface area contributed by atoms with E-state index in [0.29, 0.717) is 11.7 Å². The number of rotatable bonds is 1. The Bertz CT molecular complexity index is 252. The van der Waals surface area contributed by atoms with Gasteiger partial charge in [-0.1, -0.05) is 25.7 Å². The van der Waals surface area contributed by atoms with Gasteiger partial charge in [0.05, 0.1) is 0 Å². The Morgan fingerprint density at radius 3 is 2.27 bits per heavy atom. The lowest BCUT2D eigenvalue weighted by Gasteiger charge is -2.23. The molecule has 0 aromatic rings. The summed E-state index contributed by atoms with van der Waals surface area (Å²) in [5.41, 5.74) is 0. The van der Waals surface area contributed by atoms with Crippen molar-refractivity contribution >= 4 is 5.78 Å². The van der Waals surface area contributed by atoms with Crippen LogP contribution in [0.25, 0.3) is 0 Å². The SMILES string of the molecule is O=C1CCCC2CC(C3CCCC3)CC12. The molecule has 0 N–H and O–H groups in total. The summed E-state index contributed by atoms with van der Waals surface area (Å²) in [4.78, 5) is 11.8. The molecule has 1 nitrogen and oxygen atoms in total. The van der Waals surface area contributed by atoms with Crippen molar-refractivity contribution in [3.8, 4) is 0 Å². The normalized spacial score (nSPS) is 42.1. The van der Waals surface area contributed by atoms with Crippen molar-refractivity contribution in [2.24, 2.45) is 23.7 Å². The monoisotopic (exact) mass is 206 g/mol. The van der Waals surface area contributed by atoms with Crippen LogP contribution in [0.4, 0.5) is 0 Å². The van der Waals surface area contributed by atoms with Crippen molar-refractivity contribution in [3.63, 3.8) is 0 Å². The lowest BCUT2D eigenvalue weighted by molar-refractivity contribution is -0.125. The van der Waals surface area contributed by atoms with Crippen LogP contribution in [0.15, 0.2) is 0 Å². The summed E-state index contributed by atoms with van der Waals surface area (Å²) in [6.45, 7) is 0. The van der Waals surface area contributed by atoms with Gasteiger partial charge in [0.15, 0.2) is 0 Å². The summed E-state index contributed by atoms with van der Waals surface area (Å²) in [6.07, 6.45) is 11.9. The molecule has 3 saturated carbocycles. The van der Waals surface area contributed by atoms with Crippen LogP contribution >= 0.6 is 0 Å². The maximum Gasteiger partial charge on any atom is 0.136 e. The average Bonchev–Trinajstić information content (AvgIpc) is 2.86. The van der Waals surface area contributed by atoms with E-state index in [2.05, 4.69) is 0 Å². The van der Waals surface area contributed by atoms with Gasteiger partial charge in [-0.25, -0.2) is 0 Å². The molecule has 3 atom stereocenters. The zero-order valence-corrected chi connectivity index (χ0v) is 9.58. The van der Waals surface area contributed by atoms with Gasteiger partial charge < -0.3 is 0 Å². The van der Waals surface area contributed by atoms with Crippen LogP contribution in [0.2, 0.25) is 0 Å². The lowest BCUT2D eigenvalue weighted by atomic mass is 9.81. The van der Waals surface area contributed by atoms with Crippen molar-refractivity contribution in [2.45, 2.75) is 57.8 Å². The molecule has 3 rings (SSSR count). The molecule has 0 radical (unpaired) electrons. The summed E-state index contributed by atoms with van der Waals surface area (Å²) in [5, 5.41) is 0. The van der Waals surface area contributed by atoms with E-state index in [0.717, 1.165) is 24.2 Å². The molecule has 15 heavy (non-hydrogen) atoms. The van der Waals surface area contributed by atoms with E-state index in [1.165, 1.54) is 51.4 Å². The van der Waals surface area contributed by atoms with Gasteiger partial charge >= 0.3 is 0 Å². The maximum atomic E-state index is 11.8. The van der Waals surface area contributed by atoms with Crippen LogP contribution in [-0.4, -0.2) is 5.78 Å². The summed E-state index contributed by atoms with van der Waals surface area (Å²) in [7, 11) is 0. The average molecular weight is 206 g/mol. The third kappa shape index (κ3) is 1.74. The highest BCUT2D eigenvalue weighted by molar-refractivity contribution is 5.82. The number of Topliss-reactive ketones (excluding diaryl/α,β-unsaturated/α-hetero) is 1. The Kier molecular flexibility index (Phi) is 2.58. The Morgan fingerprint density at radius 2 is 1.53 bits per heavy atom. The number of carbonyl (C=O) groups excluding carboxylic acids is 1. The molecule has 0 spiro atoms. The third-order valence-corrected chi connectivity index (χ3v) is 5.21. The van der Waals surface area contributed by atoms with Crippen LogP contribution < -0.4 is 0 Å². The van der Waals surface area contributed by atoms with Gasteiger partial charge in [0.2, 0.25) is 0 Å². The van der Waals surface area contributed by atoms with E-state index < -0.39 is 0 Å². The zero-order chi connectivity index (χ0) is 10.3. The topological polar surface area (TPSA) is 17.1 Å². The van der Waals surface area contributed by atoms with Crippen LogP contribution in [0.3, 0.4) is 0 Å². The first-order chi connectivity index (χ1) is 7.34. The van der Waals surface area contributed by atoms with Crippen molar-refractivity contribution in [3.05, 3.63) is 0 Å². The van der Waals surface area contributed by atoms with E-state index in [9.17, 15) is 4.79 Å². The standard InChI is InChI=1S/C14H22O/c15-14-7-3-6-11-8-12(9-13(11)14)10-4-1-2-5-10/h10-13H,1-9H2. The first-order valence-corrected chi connectivity index (χ1v) is 6.87. The van der Waals surface area contributed by atoms with Crippen molar-refractivity contribution in [1.29, 1.82) is 0 Å². The van der Waals surface area contributed by atoms with Crippen molar-refractivity contribution < 1.29 is 4.79 Å². The van der Waals surface area contributed by atoms with E-state index in [1.807, 2.05) is 0 Å². The number of hydrogen-bond donors (Lipinski definition) is 0. The molecule has 0 heterocycles. The molecule has 3 aliphatic carbocycles. The highest BCUT2D eigenvalue weighted by Gasteiger charge is 2.42. The quantitative estimate of drug-likeness (QED) is 0.641. The largest absolute Gasteiger partial charge is 0.299 e. The molecule has 84 valence electrons. The fraction of sp³-hybridized carbons (Fsp3) is 0.929. The molecule has 3 fully saturated rings. The van der Waals surface area contributed by atoms with Gasteiger partial charge in [-0.3, -0.25) is 4.79 Å². The first-order valence-electron chi connectivity index (χ1n) is 6.87. The van der Waals surface area contributed by atoms with Gasteiger partial charge in [-0.15, -0.1) is 0 Å². The molecular weight excluding hydrogens is 184 g/mol. The van der Waals surface area contributed by atoms with Crippen LogP contribution in [0.1, 0.15) is 57.8 Å². The molecule has 0 aliphatic heterocycles. The summed E-state index contributed by atoms with van der Waals surface area (Å²) in [5.74, 6) is 3.79. The van der Waals surface area contributed by atoms with E-state index in [-0.39, 0.29) is 0 Å². The minimum atomic E-state index is 0.490. The predicted octanol–water partition coefficient (Wildman–Crippen LogP) is 3.57. The van der Waals surface area contributed by atoms with Gasteiger partial charge in [-0.05, 0) is 43.4 Å². The van der Waals surface area contributed by atoms with Gasteiger partial charge in [0.1, 0.15) is 5.78 Å². The van der Waals surface area contributed by atoms with Crippen LogP contribution in [0.5, 0.6) is 0 Å². The molecule has 0 saturated heterocycles. The van der Waals surface area contributed by atoms with E-state index in [1.54, 1.807) is 0 Å². The highest BCUT2D eigenvalue weighted by atomic mass is 16.1. The lowest BCUT2D eigenvalue weighted by Crippen LogP contribution is -2.23. The molecule has 0 aromatic carbocycles. The Morgan fingerprint density at radius 1 is 0.800 bits per heavy atom. The molecule has 1 heteroatoms. The molecule has 3 aliphatic rings. The Hall–Kier alpha value is -0.330. The smallest absolute Gasteiger partial charge is 0.136 e. The van der Waals surface area contributed by atoms with E-state index >= 15 is 0 Å². The maximum absolute atomic E-state index is 11.8.